The molecule has 0 bridgehead atoms. The van der Waals surface area contributed by atoms with Crippen LogP contribution in [0, 0.1) is 5.82 Å². The third-order valence-electron chi connectivity index (χ3n) is 6.42. The van der Waals surface area contributed by atoms with E-state index in [4.69, 9.17) is 16.3 Å². The summed E-state index contributed by atoms with van der Waals surface area (Å²) in [6, 6.07) is 9.88. The number of aromatic nitrogens is 5. The molecule has 13 heteroatoms. The molecule has 1 saturated heterocycles. The molecule has 0 radical (unpaired) electrons. The Hall–Kier alpha value is -3.87. The fourth-order valence-electron chi connectivity index (χ4n) is 4.57. The van der Waals surface area contributed by atoms with Crippen molar-refractivity contribution in [3.05, 3.63) is 72.2 Å². The highest BCUT2D eigenvalue weighted by Crippen LogP contribution is 2.36. The molecule has 0 amide bonds. The zero-order valence-electron chi connectivity index (χ0n) is 20.1. The molecule has 1 fully saturated rings. The number of nitrogens with zero attached hydrogens (tertiary/aromatic N) is 7. The summed E-state index contributed by atoms with van der Waals surface area (Å²) in [7, 11) is -3.26. The molecule has 1 aliphatic rings. The van der Waals surface area contributed by atoms with Gasteiger partial charge >= 0.3 is 6.01 Å². The average molecular weight is 554 g/mol. The first-order chi connectivity index (χ1) is 18.3. The van der Waals surface area contributed by atoms with Crippen molar-refractivity contribution in [1.29, 1.82) is 0 Å². The second-order valence-electron chi connectivity index (χ2n) is 8.82. The van der Waals surface area contributed by atoms with Gasteiger partial charge in [0.2, 0.25) is 10.0 Å². The highest BCUT2D eigenvalue weighted by molar-refractivity contribution is 7.88. The van der Waals surface area contributed by atoms with E-state index < -0.39 is 15.8 Å². The van der Waals surface area contributed by atoms with Gasteiger partial charge in [-0.1, -0.05) is 11.6 Å². The van der Waals surface area contributed by atoms with E-state index in [0.717, 1.165) is 5.52 Å². The van der Waals surface area contributed by atoms with Crippen molar-refractivity contribution < 1.29 is 17.5 Å². The SMILES string of the molecule is CS(=O)(=O)N1CCN(n2cnc3cnc4cc(F)c(-c5ccc(Oc6ncccn6)cc5Cl)cc4c32)CC1. The number of hydrogen-bond acceptors (Lipinski definition) is 8. The van der Waals surface area contributed by atoms with Crippen LogP contribution in [-0.4, -0.2) is 69.8 Å². The van der Waals surface area contributed by atoms with Crippen LogP contribution in [0.3, 0.4) is 0 Å². The lowest BCUT2D eigenvalue weighted by molar-refractivity contribution is 0.357. The second kappa shape index (κ2) is 9.46. The van der Waals surface area contributed by atoms with Gasteiger partial charge < -0.3 is 9.75 Å². The van der Waals surface area contributed by atoms with E-state index in [2.05, 4.69) is 19.9 Å². The number of benzene rings is 2. The number of piperazine rings is 1. The molecule has 2 aromatic carbocycles. The maximum atomic E-state index is 15.3. The summed E-state index contributed by atoms with van der Waals surface area (Å²) in [5.74, 6) is -0.0549. The Labute approximate surface area is 222 Å². The molecule has 6 rings (SSSR count). The number of hydrogen-bond donors (Lipinski definition) is 0. The van der Waals surface area contributed by atoms with Crippen LogP contribution in [0.4, 0.5) is 4.39 Å². The lowest BCUT2D eigenvalue weighted by atomic mass is 10.0. The van der Waals surface area contributed by atoms with Crippen LogP contribution >= 0.6 is 11.6 Å². The van der Waals surface area contributed by atoms with Crippen molar-refractivity contribution in [3.8, 4) is 22.9 Å². The summed E-state index contributed by atoms with van der Waals surface area (Å²) in [6.07, 6.45) is 7.62. The van der Waals surface area contributed by atoms with Gasteiger partial charge in [0.1, 0.15) is 28.9 Å². The Morgan fingerprint density at radius 2 is 1.71 bits per heavy atom. The van der Waals surface area contributed by atoms with Crippen molar-refractivity contribution >= 4 is 43.6 Å². The minimum absolute atomic E-state index is 0.173. The standard InChI is InChI=1S/C25H21ClFN7O3S/c1-38(35,36)33-9-7-32(8-10-33)34-15-31-23-14-30-22-13-21(27)18(12-19(22)24(23)34)17-4-3-16(11-20(17)26)37-25-28-5-2-6-29-25/h2-6,11-15H,7-10H2,1H3. The fraction of sp³-hybridized carbons (Fsp3) is 0.200. The van der Waals surface area contributed by atoms with Gasteiger partial charge in [-0.25, -0.2) is 32.4 Å². The van der Waals surface area contributed by atoms with E-state index >= 15 is 4.39 Å². The van der Waals surface area contributed by atoms with Gasteiger partial charge in [-0.05, 0) is 24.3 Å². The third kappa shape index (κ3) is 4.51. The topological polar surface area (TPSA) is 106 Å². The van der Waals surface area contributed by atoms with Gasteiger partial charge in [0.15, 0.2) is 0 Å². The summed E-state index contributed by atoms with van der Waals surface area (Å²) < 4.78 is 48.2. The molecule has 0 aliphatic carbocycles. The minimum Gasteiger partial charge on any atom is -0.424 e. The third-order valence-corrected chi connectivity index (χ3v) is 8.03. The first-order valence-corrected chi connectivity index (χ1v) is 13.9. The first-order valence-electron chi connectivity index (χ1n) is 11.7. The van der Waals surface area contributed by atoms with E-state index in [-0.39, 0.29) is 6.01 Å². The molecule has 3 aromatic heterocycles. The summed E-state index contributed by atoms with van der Waals surface area (Å²) >= 11 is 6.57. The highest BCUT2D eigenvalue weighted by Gasteiger charge is 2.25. The Balaban J connectivity index is 1.39. The first kappa shape index (κ1) is 24.5. The van der Waals surface area contributed by atoms with Crippen molar-refractivity contribution in [2.24, 2.45) is 0 Å². The van der Waals surface area contributed by atoms with Gasteiger partial charge in [0.05, 0.1) is 23.0 Å². The summed E-state index contributed by atoms with van der Waals surface area (Å²) in [6.45, 7) is 1.68. The highest BCUT2D eigenvalue weighted by atomic mass is 35.5. The molecule has 38 heavy (non-hydrogen) atoms. The van der Waals surface area contributed by atoms with Gasteiger partial charge in [-0.3, -0.25) is 4.98 Å². The number of rotatable bonds is 5. The molecular weight excluding hydrogens is 533 g/mol. The lowest BCUT2D eigenvalue weighted by Gasteiger charge is -2.35. The van der Waals surface area contributed by atoms with Crippen LogP contribution in [0.25, 0.3) is 33.1 Å². The number of pyridine rings is 1. The monoisotopic (exact) mass is 553 g/mol. The number of fused-ring (bicyclic) bond motifs is 3. The fourth-order valence-corrected chi connectivity index (χ4v) is 5.66. The average Bonchev–Trinajstić information content (AvgIpc) is 3.34. The van der Waals surface area contributed by atoms with E-state index in [0.29, 0.717) is 64.5 Å². The van der Waals surface area contributed by atoms with Gasteiger partial charge in [-0.15, -0.1) is 0 Å². The summed E-state index contributed by atoms with van der Waals surface area (Å²) in [5.41, 5.74) is 2.64. The lowest BCUT2D eigenvalue weighted by Crippen LogP contribution is -2.52. The van der Waals surface area contributed by atoms with Crippen LogP contribution in [0.1, 0.15) is 0 Å². The molecule has 4 heterocycles. The number of ether oxygens (including phenoxy) is 1. The van der Waals surface area contributed by atoms with Crippen molar-refractivity contribution in [3.63, 3.8) is 0 Å². The summed E-state index contributed by atoms with van der Waals surface area (Å²) in [5, 5.41) is 3.00. The van der Waals surface area contributed by atoms with Crippen LogP contribution < -0.4 is 9.75 Å². The van der Waals surface area contributed by atoms with Gasteiger partial charge in [0.25, 0.3) is 0 Å². The number of imidazole rings is 1. The normalized spacial score (nSPS) is 14.9. The Bertz CT molecular complexity index is 1770. The summed E-state index contributed by atoms with van der Waals surface area (Å²) in [4.78, 5) is 16.9. The number of halogens is 2. The van der Waals surface area contributed by atoms with Crippen molar-refractivity contribution in [1.82, 2.24) is 28.9 Å². The Morgan fingerprint density at radius 1 is 0.947 bits per heavy atom. The van der Waals surface area contributed by atoms with Crippen LogP contribution in [0.15, 0.2) is 61.3 Å². The molecule has 194 valence electrons. The minimum atomic E-state index is -3.26. The van der Waals surface area contributed by atoms with Crippen LogP contribution in [-0.2, 0) is 10.0 Å². The molecular formula is C25H21ClFN7O3S. The van der Waals surface area contributed by atoms with Crippen molar-refractivity contribution in [2.75, 3.05) is 37.4 Å². The molecule has 1 aliphatic heterocycles. The Kier molecular flexibility index (Phi) is 6.09. The van der Waals surface area contributed by atoms with E-state index in [9.17, 15) is 8.42 Å². The van der Waals surface area contributed by atoms with Gasteiger partial charge in [0, 0.05) is 67.2 Å². The molecule has 5 aromatic rings. The molecule has 0 unspecified atom stereocenters. The van der Waals surface area contributed by atoms with E-state index in [1.54, 1.807) is 55.2 Å². The Morgan fingerprint density at radius 3 is 2.42 bits per heavy atom. The molecule has 10 nitrogen and oxygen atoms in total. The molecule has 0 atom stereocenters. The number of sulfonamides is 1. The maximum Gasteiger partial charge on any atom is 0.321 e. The predicted molar refractivity (Wildman–Crippen MR) is 142 cm³/mol. The van der Waals surface area contributed by atoms with Crippen molar-refractivity contribution in [2.45, 2.75) is 0 Å². The van der Waals surface area contributed by atoms with Crippen LogP contribution in [0.5, 0.6) is 11.8 Å². The maximum absolute atomic E-state index is 15.3. The zero-order valence-corrected chi connectivity index (χ0v) is 21.7. The molecule has 0 spiro atoms. The largest absolute Gasteiger partial charge is 0.424 e. The zero-order chi connectivity index (χ0) is 26.4. The quantitative estimate of drug-likeness (QED) is 0.323. The second-order valence-corrected chi connectivity index (χ2v) is 11.2. The molecule has 0 saturated carbocycles. The predicted octanol–water partition coefficient (Wildman–Crippen LogP) is 3.84. The molecule has 0 N–H and O–H groups in total. The van der Waals surface area contributed by atoms with Crippen LogP contribution in [0.2, 0.25) is 5.02 Å². The van der Waals surface area contributed by atoms with E-state index in [1.807, 2.05) is 9.69 Å². The van der Waals surface area contributed by atoms with Gasteiger partial charge in [-0.2, -0.15) is 4.31 Å². The smallest absolute Gasteiger partial charge is 0.321 e. The van der Waals surface area contributed by atoms with E-state index in [1.165, 1.54) is 16.6 Å².